The van der Waals surface area contributed by atoms with Crippen LogP contribution in [-0.4, -0.2) is 30.3 Å². The first-order chi connectivity index (χ1) is 11.2. The van der Waals surface area contributed by atoms with E-state index in [1.165, 1.54) is 11.0 Å². The SMILES string of the molecule is Cl.NC1(c2noc(-c3ccc(-n4cnnn4)cc3Cl)n2)CCCC1. The summed E-state index contributed by atoms with van der Waals surface area (Å²) in [6.45, 7) is 0. The predicted octanol–water partition coefficient (Wildman–Crippen LogP) is 2.52. The van der Waals surface area contributed by atoms with Crippen molar-refractivity contribution in [2.75, 3.05) is 0 Å². The molecule has 0 aliphatic heterocycles. The fourth-order valence-electron chi connectivity index (χ4n) is 2.86. The molecule has 2 aromatic heterocycles. The summed E-state index contributed by atoms with van der Waals surface area (Å²) in [7, 11) is 0. The number of nitrogens with two attached hydrogens (primary N) is 1. The van der Waals surface area contributed by atoms with Crippen LogP contribution in [0.25, 0.3) is 17.1 Å². The highest BCUT2D eigenvalue weighted by molar-refractivity contribution is 6.33. The topological polar surface area (TPSA) is 109 Å². The number of nitrogens with zero attached hydrogens (tertiary/aromatic N) is 6. The molecule has 0 bridgehead atoms. The van der Waals surface area contributed by atoms with Gasteiger partial charge in [0, 0.05) is 0 Å². The van der Waals surface area contributed by atoms with E-state index in [-0.39, 0.29) is 12.4 Å². The molecule has 1 fully saturated rings. The van der Waals surface area contributed by atoms with Crippen LogP contribution in [0.15, 0.2) is 29.0 Å². The molecule has 0 spiro atoms. The van der Waals surface area contributed by atoms with Crippen LogP contribution in [0.4, 0.5) is 0 Å². The molecule has 0 unspecified atom stereocenters. The number of rotatable bonds is 3. The molecule has 0 amide bonds. The first-order valence-electron chi connectivity index (χ1n) is 7.32. The molecule has 3 aromatic rings. The van der Waals surface area contributed by atoms with Gasteiger partial charge in [-0.2, -0.15) is 4.98 Å². The third kappa shape index (κ3) is 2.88. The Hall–Kier alpha value is -2.03. The molecule has 10 heteroatoms. The van der Waals surface area contributed by atoms with Crippen LogP contribution in [0, 0.1) is 0 Å². The average molecular weight is 368 g/mol. The Bertz CT molecular complexity index is 828. The van der Waals surface area contributed by atoms with Crippen molar-refractivity contribution in [3.05, 3.63) is 35.4 Å². The van der Waals surface area contributed by atoms with Crippen LogP contribution in [0.1, 0.15) is 31.5 Å². The lowest BCUT2D eigenvalue weighted by Crippen LogP contribution is -2.34. The minimum Gasteiger partial charge on any atom is -0.334 e. The first kappa shape index (κ1) is 16.8. The molecule has 2 N–H and O–H groups in total. The molecule has 1 aliphatic carbocycles. The molecule has 1 aliphatic rings. The van der Waals surface area contributed by atoms with Crippen LogP contribution in [-0.2, 0) is 5.54 Å². The lowest BCUT2D eigenvalue weighted by Gasteiger charge is -2.17. The smallest absolute Gasteiger partial charge is 0.259 e. The van der Waals surface area contributed by atoms with Gasteiger partial charge in [0.2, 0.25) is 0 Å². The second-order valence-corrected chi connectivity index (χ2v) is 6.11. The zero-order valence-electron chi connectivity index (χ0n) is 12.6. The van der Waals surface area contributed by atoms with E-state index in [1.54, 1.807) is 12.1 Å². The van der Waals surface area contributed by atoms with E-state index < -0.39 is 5.54 Å². The molecule has 2 heterocycles. The highest BCUT2D eigenvalue weighted by Crippen LogP contribution is 2.36. The second kappa shape index (κ2) is 6.46. The molecular formula is C14H15Cl2N7O. The third-order valence-electron chi connectivity index (χ3n) is 4.16. The van der Waals surface area contributed by atoms with Gasteiger partial charge in [0.25, 0.3) is 5.89 Å². The molecule has 0 saturated heterocycles. The van der Waals surface area contributed by atoms with Crippen molar-refractivity contribution in [1.82, 2.24) is 30.3 Å². The van der Waals surface area contributed by atoms with Crippen molar-refractivity contribution in [3.8, 4) is 17.1 Å². The Labute approximate surface area is 148 Å². The summed E-state index contributed by atoms with van der Waals surface area (Å²) >= 11 is 6.34. The number of hydrogen-bond donors (Lipinski definition) is 1. The number of halogens is 2. The van der Waals surface area contributed by atoms with Gasteiger partial charge in [0.05, 0.1) is 21.8 Å². The van der Waals surface area contributed by atoms with E-state index in [0.717, 1.165) is 31.4 Å². The van der Waals surface area contributed by atoms with Crippen molar-refractivity contribution < 1.29 is 4.52 Å². The maximum absolute atomic E-state index is 6.35. The fourth-order valence-corrected chi connectivity index (χ4v) is 3.12. The van der Waals surface area contributed by atoms with Crippen molar-refractivity contribution in [2.45, 2.75) is 31.2 Å². The number of hydrogen-bond acceptors (Lipinski definition) is 7. The van der Waals surface area contributed by atoms with Crippen LogP contribution >= 0.6 is 24.0 Å². The molecule has 1 aromatic carbocycles. The molecule has 8 nitrogen and oxygen atoms in total. The van der Waals surface area contributed by atoms with Gasteiger partial charge in [-0.05, 0) is 41.5 Å². The molecule has 0 atom stereocenters. The van der Waals surface area contributed by atoms with E-state index in [4.69, 9.17) is 21.9 Å². The van der Waals surface area contributed by atoms with Crippen molar-refractivity contribution in [3.63, 3.8) is 0 Å². The van der Waals surface area contributed by atoms with E-state index in [1.807, 2.05) is 6.07 Å². The summed E-state index contributed by atoms with van der Waals surface area (Å²) in [6, 6.07) is 5.37. The molecule has 1 saturated carbocycles. The molecule has 4 rings (SSSR count). The summed E-state index contributed by atoms with van der Waals surface area (Å²) in [6.07, 6.45) is 5.41. The van der Waals surface area contributed by atoms with Gasteiger partial charge in [-0.25, -0.2) is 4.68 Å². The summed E-state index contributed by atoms with van der Waals surface area (Å²) in [5, 5.41) is 15.6. The lowest BCUT2D eigenvalue weighted by atomic mass is 9.99. The Morgan fingerprint density at radius 2 is 2.04 bits per heavy atom. The van der Waals surface area contributed by atoms with E-state index >= 15 is 0 Å². The van der Waals surface area contributed by atoms with E-state index in [9.17, 15) is 0 Å². The number of benzene rings is 1. The summed E-state index contributed by atoms with van der Waals surface area (Å²) in [4.78, 5) is 4.45. The average Bonchev–Trinajstić information content (AvgIpc) is 3.29. The zero-order valence-corrected chi connectivity index (χ0v) is 14.2. The van der Waals surface area contributed by atoms with Gasteiger partial charge in [-0.15, -0.1) is 17.5 Å². The van der Waals surface area contributed by atoms with Crippen molar-refractivity contribution in [1.29, 1.82) is 0 Å². The molecular weight excluding hydrogens is 353 g/mol. The Morgan fingerprint density at radius 1 is 1.25 bits per heavy atom. The zero-order chi connectivity index (χ0) is 15.9. The standard InChI is InChI=1S/C14H14ClN7O.ClH/c15-11-7-9(22-8-17-20-21-22)3-4-10(11)12-18-13(19-23-12)14(16)5-1-2-6-14;/h3-4,7-8H,1-2,5-6,16H2;1H. The van der Waals surface area contributed by atoms with Crippen LogP contribution in [0.5, 0.6) is 0 Å². The Balaban J connectivity index is 0.00000169. The van der Waals surface area contributed by atoms with Crippen LogP contribution in [0.2, 0.25) is 5.02 Å². The maximum atomic E-state index is 6.35. The van der Waals surface area contributed by atoms with Gasteiger partial charge in [-0.3, -0.25) is 0 Å². The largest absolute Gasteiger partial charge is 0.334 e. The third-order valence-corrected chi connectivity index (χ3v) is 4.48. The number of tetrazole rings is 1. The summed E-state index contributed by atoms with van der Waals surface area (Å²) in [5.41, 5.74) is 7.27. The van der Waals surface area contributed by atoms with Gasteiger partial charge in [0.15, 0.2) is 5.82 Å². The van der Waals surface area contributed by atoms with Gasteiger partial charge in [0.1, 0.15) is 6.33 Å². The lowest BCUT2D eigenvalue weighted by molar-refractivity contribution is 0.372. The second-order valence-electron chi connectivity index (χ2n) is 5.70. The highest BCUT2D eigenvalue weighted by atomic mass is 35.5. The summed E-state index contributed by atoms with van der Waals surface area (Å²) < 4.78 is 6.88. The van der Waals surface area contributed by atoms with Crippen molar-refractivity contribution in [2.24, 2.45) is 5.73 Å². The van der Waals surface area contributed by atoms with Crippen LogP contribution < -0.4 is 5.73 Å². The minimum atomic E-state index is -0.486. The summed E-state index contributed by atoms with van der Waals surface area (Å²) in [5.74, 6) is 0.913. The number of aromatic nitrogens is 6. The van der Waals surface area contributed by atoms with Gasteiger partial charge in [-0.1, -0.05) is 29.6 Å². The van der Waals surface area contributed by atoms with Gasteiger partial charge >= 0.3 is 0 Å². The Morgan fingerprint density at radius 3 is 2.71 bits per heavy atom. The van der Waals surface area contributed by atoms with Gasteiger partial charge < -0.3 is 10.3 Å². The van der Waals surface area contributed by atoms with Crippen LogP contribution in [0.3, 0.4) is 0 Å². The minimum absolute atomic E-state index is 0. The fraction of sp³-hybridized carbons (Fsp3) is 0.357. The first-order valence-corrected chi connectivity index (χ1v) is 7.70. The normalized spacial score (nSPS) is 16.1. The Kier molecular flexibility index (Phi) is 4.53. The van der Waals surface area contributed by atoms with Crippen molar-refractivity contribution >= 4 is 24.0 Å². The maximum Gasteiger partial charge on any atom is 0.259 e. The quantitative estimate of drug-likeness (QED) is 0.757. The predicted molar refractivity (Wildman–Crippen MR) is 89.0 cm³/mol. The monoisotopic (exact) mass is 367 g/mol. The highest BCUT2D eigenvalue weighted by Gasteiger charge is 2.36. The molecule has 0 radical (unpaired) electrons. The molecule has 126 valence electrons. The van der Waals surface area contributed by atoms with E-state index in [2.05, 4.69) is 25.7 Å². The van der Waals surface area contributed by atoms with E-state index in [0.29, 0.717) is 22.3 Å². The molecule has 24 heavy (non-hydrogen) atoms.